The van der Waals surface area contributed by atoms with Crippen LogP contribution in [-0.2, 0) is 11.3 Å². The lowest BCUT2D eigenvalue weighted by Crippen LogP contribution is -2.25. The van der Waals surface area contributed by atoms with Crippen LogP contribution in [0.25, 0.3) is 0 Å². The minimum atomic E-state index is -0.523. The van der Waals surface area contributed by atoms with Crippen molar-refractivity contribution >= 4 is 5.91 Å². The molecule has 3 N–H and O–H groups in total. The van der Waals surface area contributed by atoms with Crippen LogP contribution < -0.4 is 5.73 Å². The zero-order chi connectivity index (χ0) is 10.7. The minimum absolute atomic E-state index is 0.222. The lowest BCUT2D eigenvalue weighted by Gasteiger charge is -2.14. The third kappa shape index (κ3) is 2.35. The Hall–Kier alpha value is -1.29. The standard InChI is InChI=1S/C10H16N2O2/c1-7(10(11)14)6-12-5-3-4-9(12)8(2)13/h3-5,7-8,13H,6H2,1-2H3,(H2,11,14). The average Bonchev–Trinajstić information content (AvgIpc) is 2.52. The number of aliphatic hydroxyl groups excluding tert-OH is 1. The summed E-state index contributed by atoms with van der Waals surface area (Å²) in [5.74, 6) is -0.546. The Morgan fingerprint density at radius 1 is 1.64 bits per heavy atom. The van der Waals surface area contributed by atoms with Gasteiger partial charge in [-0.1, -0.05) is 6.92 Å². The van der Waals surface area contributed by atoms with Crippen LogP contribution in [0.2, 0.25) is 0 Å². The second kappa shape index (κ2) is 4.28. The SMILES string of the molecule is CC(Cn1cccc1C(C)O)C(N)=O. The molecule has 0 bridgehead atoms. The van der Waals surface area contributed by atoms with Gasteiger partial charge in [-0.3, -0.25) is 4.79 Å². The largest absolute Gasteiger partial charge is 0.387 e. The van der Waals surface area contributed by atoms with E-state index in [-0.39, 0.29) is 11.8 Å². The molecular formula is C10H16N2O2. The zero-order valence-corrected chi connectivity index (χ0v) is 8.47. The van der Waals surface area contributed by atoms with Crippen LogP contribution in [-0.4, -0.2) is 15.6 Å². The Morgan fingerprint density at radius 3 is 2.79 bits per heavy atom. The number of nitrogens with two attached hydrogens (primary N) is 1. The molecule has 0 radical (unpaired) electrons. The van der Waals surface area contributed by atoms with Crippen LogP contribution in [0, 0.1) is 5.92 Å². The molecule has 1 aromatic heterocycles. The molecule has 1 amide bonds. The van der Waals surface area contributed by atoms with E-state index in [9.17, 15) is 9.90 Å². The number of hydrogen-bond acceptors (Lipinski definition) is 2. The number of rotatable bonds is 4. The lowest BCUT2D eigenvalue weighted by molar-refractivity contribution is -0.121. The maximum atomic E-state index is 10.9. The number of amides is 1. The van der Waals surface area contributed by atoms with Gasteiger partial charge in [0.25, 0.3) is 0 Å². The fourth-order valence-corrected chi connectivity index (χ4v) is 1.36. The third-order valence-electron chi connectivity index (χ3n) is 2.25. The number of nitrogens with zero attached hydrogens (tertiary/aromatic N) is 1. The molecule has 14 heavy (non-hydrogen) atoms. The molecule has 1 rings (SSSR count). The van der Waals surface area contributed by atoms with Gasteiger partial charge in [0, 0.05) is 18.4 Å². The maximum absolute atomic E-state index is 10.9. The van der Waals surface area contributed by atoms with Crippen molar-refractivity contribution in [2.75, 3.05) is 0 Å². The summed E-state index contributed by atoms with van der Waals surface area (Å²) in [6, 6.07) is 3.67. The minimum Gasteiger partial charge on any atom is -0.387 e. The quantitative estimate of drug-likeness (QED) is 0.743. The Kier molecular flexibility index (Phi) is 3.30. The van der Waals surface area contributed by atoms with Gasteiger partial charge in [-0.15, -0.1) is 0 Å². The highest BCUT2D eigenvalue weighted by molar-refractivity contribution is 5.76. The van der Waals surface area contributed by atoms with Gasteiger partial charge in [-0.25, -0.2) is 0 Å². The van der Waals surface area contributed by atoms with Gasteiger partial charge in [-0.2, -0.15) is 0 Å². The molecule has 4 heteroatoms. The van der Waals surface area contributed by atoms with E-state index in [1.165, 1.54) is 0 Å². The fourth-order valence-electron chi connectivity index (χ4n) is 1.36. The molecule has 0 saturated carbocycles. The smallest absolute Gasteiger partial charge is 0.222 e. The molecule has 1 heterocycles. The van der Waals surface area contributed by atoms with Crippen LogP contribution in [0.15, 0.2) is 18.3 Å². The number of aromatic nitrogens is 1. The summed E-state index contributed by atoms with van der Waals surface area (Å²) in [6.07, 6.45) is 1.31. The summed E-state index contributed by atoms with van der Waals surface area (Å²) in [5.41, 5.74) is 5.97. The van der Waals surface area contributed by atoms with Crippen LogP contribution >= 0.6 is 0 Å². The van der Waals surface area contributed by atoms with E-state index in [2.05, 4.69) is 0 Å². The van der Waals surface area contributed by atoms with E-state index in [1.54, 1.807) is 13.8 Å². The highest BCUT2D eigenvalue weighted by Gasteiger charge is 2.12. The summed E-state index contributed by atoms with van der Waals surface area (Å²) in [4.78, 5) is 10.9. The topological polar surface area (TPSA) is 68.2 Å². The molecule has 0 aromatic carbocycles. The van der Waals surface area contributed by atoms with E-state index in [1.807, 2.05) is 22.9 Å². The van der Waals surface area contributed by atoms with Crippen molar-refractivity contribution in [2.24, 2.45) is 11.7 Å². The molecule has 0 aliphatic rings. The third-order valence-corrected chi connectivity index (χ3v) is 2.25. The molecular weight excluding hydrogens is 180 g/mol. The van der Waals surface area contributed by atoms with Gasteiger partial charge in [0.1, 0.15) is 0 Å². The number of carbonyl (C=O) groups is 1. The summed E-state index contributed by atoms with van der Waals surface area (Å²) >= 11 is 0. The molecule has 1 aromatic rings. The Bertz CT molecular complexity index is 318. The van der Waals surface area contributed by atoms with E-state index in [0.717, 1.165) is 5.69 Å². The molecule has 78 valence electrons. The predicted octanol–water partition coefficient (Wildman–Crippen LogP) is 0.663. The molecule has 4 nitrogen and oxygen atoms in total. The van der Waals surface area contributed by atoms with Gasteiger partial charge < -0.3 is 15.4 Å². The van der Waals surface area contributed by atoms with Crippen molar-refractivity contribution in [1.82, 2.24) is 4.57 Å². The maximum Gasteiger partial charge on any atom is 0.222 e. The molecule has 0 saturated heterocycles. The first-order valence-corrected chi connectivity index (χ1v) is 4.64. The summed E-state index contributed by atoms with van der Waals surface area (Å²) < 4.78 is 1.85. The predicted molar refractivity (Wildman–Crippen MR) is 53.4 cm³/mol. The van der Waals surface area contributed by atoms with Crippen LogP contribution in [0.1, 0.15) is 25.6 Å². The van der Waals surface area contributed by atoms with Crippen LogP contribution in [0.5, 0.6) is 0 Å². The average molecular weight is 196 g/mol. The van der Waals surface area contributed by atoms with Crippen molar-refractivity contribution in [3.8, 4) is 0 Å². The van der Waals surface area contributed by atoms with Crippen molar-refractivity contribution in [1.29, 1.82) is 0 Å². The monoisotopic (exact) mass is 196 g/mol. The van der Waals surface area contributed by atoms with Crippen molar-refractivity contribution in [2.45, 2.75) is 26.5 Å². The molecule has 0 aliphatic heterocycles. The van der Waals surface area contributed by atoms with Crippen molar-refractivity contribution in [3.63, 3.8) is 0 Å². The Balaban J connectivity index is 2.76. The fraction of sp³-hybridized carbons (Fsp3) is 0.500. The number of carbonyl (C=O) groups excluding carboxylic acids is 1. The normalized spacial score (nSPS) is 15.1. The number of hydrogen-bond donors (Lipinski definition) is 2. The van der Waals surface area contributed by atoms with Crippen LogP contribution in [0.3, 0.4) is 0 Å². The number of primary amides is 1. The van der Waals surface area contributed by atoms with Gasteiger partial charge in [0.15, 0.2) is 0 Å². The van der Waals surface area contributed by atoms with Crippen LogP contribution in [0.4, 0.5) is 0 Å². The highest BCUT2D eigenvalue weighted by Crippen LogP contribution is 2.14. The van der Waals surface area contributed by atoms with E-state index in [0.29, 0.717) is 6.54 Å². The van der Waals surface area contributed by atoms with E-state index in [4.69, 9.17) is 5.73 Å². The molecule has 0 fully saturated rings. The van der Waals surface area contributed by atoms with Crippen molar-refractivity contribution < 1.29 is 9.90 Å². The van der Waals surface area contributed by atoms with Gasteiger partial charge in [0.05, 0.1) is 12.0 Å². The summed E-state index contributed by atoms with van der Waals surface area (Å²) in [5, 5.41) is 9.41. The molecule has 0 aliphatic carbocycles. The van der Waals surface area contributed by atoms with E-state index < -0.39 is 6.10 Å². The van der Waals surface area contributed by atoms with E-state index >= 15 is 0 Å². The number of aliphatic hydroxyl groups is 1. The molecule has 2 atom stereocenters. The van der Waals surface area contributed by atoms with Crippen molar-refractivity contribution in [3.05, 3.63) is 24.0 Å². The second-order valence-electron chi connectivity index (χ2n) is 3.56. The summed E-state index contributed by atoms with van der Waals surface area (Å²) in [6.45, 7) is 3.98. The molecule has 0 spiro atoms. The Labute approximate surface area is 83.3 Å². The second-order valence-corrected chi connectivity index (χ2v) is 3.56. The van der Waals surface area contributed by atoms with Gasteiger partial charge in [-0.05, 0) is 19.1 Å². The Morgan fingerprint density at radius 2 is 2.29 bits per heavy atom. The summed E-state index contributed by atoms with van der Waals surface area (Å²) in [7, 11) is 0. The molecule has 2 unspecified atom stereocenters. The zero-order valence-electron chi connectivity index (χ0n) is 8.47. The lowest BCUT2D eigenvalue weighted by atomic mass is 10.1. The first-order chi connectivity index (χ1) is 6.52. The van der Waals surface area contributed by atoms with Gasteiger partial charge in [0.2, 0.25) is 5.91 Å². The highest BCUT2D eigenvalue weighted by atomic mass is 16.3. The first kappa shape index (κ1) is 10.8. The van der Waals surface area contributed by atoms with Gasteiger partial charge >= 0.3 is 0 Å². The first-order valence-electron chi connectivity index (χ1n) is 4.64.